The number of unbranched alkanes of at least 4 members (excludes halogenated alkanes) is 1. The summed E-state index contributed by atoms with van der Waals surface area (Å²) < 4.78 is 3.99. The number of rotatable bonds is 6. The summed E-state index contributed by atoms with van der Waals surface area (Å²) in [6.45, 7) is 7.14. The molecule has 2 aromatic heterocycles. The molecule has 1 aliphatic rings. The molecule has 1 saturated heterocycles. The summed E-state index contributed by atoms with van der Waals surface area (Å²) in [6, 6.07) is 0. The molecule has 24 heavy (non-hydrogen) atoms. The van der Waals surface area contributed by atoms with E-state index in [2.05, 4.69) is 27.8 Å². The Kier molecular flexibility index (Phi) is 5.33. The zero-order valence-electron chi connectivity index (χ0n) is 14.7. The predicted molar refractivity (Wildman–Crippen MR) is 92.7 cm³/mol. The molecule has 2 aromatic rings. The average Bonchev–Trinajstić information content (AvgIpc) is 3.22. The molecule has 3 rings (SSSR count). The highest BCUT2D eigenvalue weighted by Gasteiger charge is 2.27. The van der Waals surface area contributed by atoms with E-state index in [1.807, 2.05) is 24.2 Å². The molecule has 1 amide bonds. The topological polar surface area (TPSA) is 56.0 Å². The first-order valence-corrected chi connectivity index (χ1v) is 8.95. The lowest BCUT2D eigenvalue weighted by atomic mass is 9.97. The summed E-state index contributed by atoms with van der Waals surface area (Å²) in [5, 5.41) is 4.22. The van der Waals surface area contributed by atoms with Gasteiger partial charge in [0, 0.05) is 44.1 Å². The summed E-state index contributed by atoms with van der Waals surface area (Å²) in [7, 11) is 0. The molecule has 1 atom stereocenters. The molecular formula is C18H27N5O. The molecule has 0 unspecified atom stereocenters. The summed E-state index contributed by atoms with van der Waals surface area (Å²) in [4.78, 5) is 19.1. The van der Waals surface area contributed by atoms with Crippen LogP contribution in [0.4, 0.5) is 0 Å². The van der Waals surface area contributed by atoms with Crippen molar-refractivity contribution in [2.24, 2.45) is 0 Å². The number of nitrogens with zero attached hydrogens (tertiary/aromatic N) is 5. The molecule has 0 aromatic carbocycles. The maximum Gasteiger partial charge on any atom is 0.244 e. The molecule has 0 radical (unpaired) electrons. The SMILES string of the molecule is CCCCn1ccnc1[C@H]1CCCN(C(=O)Cn2cc(C)cn2)C1. The lowest BCUT2D eigenvalue weighted by Crippen LogP contribution is -2.41. The van der Waals surface area contributed by atoms with Gasteiger partial charge in [0.25, 0.3) is 0 Å². The first-order valence-electron chi connectivity index (χ1n) is 8.95. The first-order chi connectivity index (χ1) is 11.7. The molecule has 3 heterocycles. The standard InChI is InChI=1S/C18H27N5O/c1-3-4-8-21-10-7-19-18(21)16-6-5-9-22(13-16)17(24)14-23-12-15(2)11-20-23/h7,10-12,16H,3-6,8-9,13-14H2,1-2H3/t16-/m0/s1. The maximum atomic E-state index is 12.6. The second kappa shape index (κ2) is 7.64. The van der Waals surface area contributed by atoms with Crippen LogP contribution in [0.3, 0.4) is 0 Å². The molecule has 6 nitrogen and oxygen atoms in total. The zero-order chi connectivity index (χ0) is 16.9. The Morgan fingerprint density at radius 1 is 1.42 bits per heavy atom. The van der Waals surface area contributed by atoms with E-state index in [-0.39, 0.29) is 5.91 Å². The van der Waals surface area contributed by atoms with Crippen LogP contribution in [-0.4, -0.2) is 43.2 Å². The number of hydrogen-bond acceptors (Lipinski definition) is 3. The Morgan fingerprint density at radius 2 is 2.29 bits per heavy atom. The van der Waals surface area contributed by atoms with Crippen molar-refractivity contribution in [3.05, 3.63) is 36.2 Å². The van der Waals surface area contributed by atoms with Crippen LogP contribution in [0.15, 0.2) is 24.8 Å². The fraction of sp³-hybridized carbons (Fsp3) is 0.611. The number of amides is 1. The molecule has 0 spiro atoms. The third-order valence-electron chi connectivity index (χ3n) is 4.70. The molecule has 1 fully saturated rings. The minimum absolute atomic E-state index is 0.148. The van der Waals surface area contributed by atoms with Crippen LogP contribution >= 0.6 is 0 Å². The Labute approximate surface area is 143 Å². The maximum absolute atomic E-state index is 12.6. The normalized spacial score (nSPS) is 18.1. The van der Waals surface area contributed by atoms with Gasteiger partial charge in [0.15, 0.2) is 0 Å². The number of aromatic nitrogens is 4. The highest BCUT2D eigenvalue weighted by atomic mass is 16.2. The van der Waals surface area contributed by atoms with Crippen LogP contribution in [-0.2, 0) is 17.9 Å². The lowest BCUT2D eigenvalue weighted by molar-refractivity contribution is -0.133. The summed E-state index contributed by atoms with van der Waals surface area (Å²) in [6.07, 6.45) is 12.1. The molecule has 0 N–H and O–H groups in total. The van der Waals surface area contributed by atoms with Gasteiger partial charge in [0.1, 0.15) is 12.4 Å². The minimum atomic E-state index is 0.148. The molecular weight excluding hydrogens is 302 g/mol. The predicted octanol–water partition coefficient (Wildman–Crippen LogP) is 2.59. The molecule has 1 aliphatic heterocycles. The van der Waals surface area contributed by atoms with E-state index in [0.717, 1.165) is 50.3 Å². The van der Waals surface area contributed by atoms with Gasteiger partial charge in [-0.25, -0.2) is 4.98 Å². The third-order valence-corrected chi connectivity index (χ3v) is 4.70. The number of likely N-dealkylation sites (tertiary alicyclic amines) is 1. The van der Waals surface area contributed by atoms with Crippen LogP contribution in [0.1, 0.15) is 49.9 Å². The van der Waals surface area contributed by atoms with E-state index >= 15 is 0 Å². The van der Waals surface area contributed by atoms with E-state index in [4.69, 9.17) is 0 Å². The van der Waals surface area contributed by atoms with Crippen molar-refractivity contribution in [2.75, 3.05) is 13.1 Å². The Hall–Kier alpha value is -2.11. The van der Waals surface area contributed by atoms with Crippen molar-refractivity contribution in [1.82, 2.24) is 24.2 Å². The van der Waals surface area contributed by atoms with Gasteiger partial charge < -0.3 is 9.47 Å². The van der Waals surface area contributed by atoms with E-state index in [0.29, 0.717) is 12.5 Å². The minimum Gasteiger partial charge on any atom is -0.340 e. The average molecular weight is 329 g/mol. The van der Waals surface area contributed by atoms with Gasteiger partial charge in [-0.3, -0.25) is 9.48 Å². The Balaban J connectivity index is 1.63. The van der Waals surface area contributed by atoms with E-state index in [9.17, 15) is 4.79 Å². The monoisotopic (exact) mass is 329 g/mol. The van der Waals surface area contributed by atoms with Crippen LogP contribution in [0, 0.1) is 6.92 Å². The number of aryl methyl sites for hydroxylation is 2. The lowest BCUT2D eigenvalue weighted by Gasteiger charge is -2.32. The highest BCUT2D eigenvalue weighted by molar-refractivity contribution is 5.76. The fourth-order valence-electron chi connectivity index (χ4n) is 3.40. The van der Waals surface area contributed by atoms with Crippen LogP contribution in [0.2, 0.25) is 0 Å². The second-order valence-electron chi connectivity index (χ2n) is 6.73. The number of carbonyl (C=O) groups excluding carboxylic acids is 1. The largest absolute Gasteiger partial charge is 0.340 e. The van der Waals surface area contributed by atoms with Crippen LogP contribution < -0.4 is 0 Å². The number of piperidine rings is 1. The Bertz CT molecular complexity index is 675. The van der Waals surface area contributed by atoms with E-state index < -0.39 is 0 Å². The second-order valence-corrected chi connectivity index (χ2v) is 6.73. The van der Waals surface area contributed by atoms with Crippen molar-refractivity contribution in [1.29, 1.82) is 0 Å². The van der Waals surface area contributed by atoms with Crippen molar-refractivity contribution < 1.29 is 4.79 Å². The number of imidazole rings is 1. The van der Waals surface area contributed by atoms with Gasteiger partial charge in [0.2, 0.25) is 5.91 Å². The highest BCUT2D eigenvalue weighted by Crippen LogP contribution is 2.26. The number of carbonyl (C=O) groups is 1. The van der Waals surface area contributed by atoms with Crippen LogP contribution in [0.25, 0.3) is 0 Å². The summed E-state index contributed by atoms with van der Waals surface area (Å²) in [5.74, 6) is 1.62. The van der Waals surface area contributed by atoms with Crippen molar-refractivity contribution in [2.45, 2.75) is 58.5 Å². The summed E-state index contributed by atoms with van der Waals surface area (Å²) in [5.41, 5.74) is 1.08. The van der Waals surface area contributed by atoms with Crippen molar-refractivity contribution >= 4 is 5.91 Å². The molecule has 6 heteroatoms. The molecule has 130 valence electrons. The number of hydrogen-bond donors (Lipinski definition) is 0. The quantitative estimate of drug-likeness (QED) is 0.818. The third kappa shape index (κ3) is 3.86. The van der Waals surface area contributed by atoms with Gasteiger partial charge in [-0.2, -0.15) is 5.10 Å². The zero-order valence-corrected chi connectivity index (χ0v) is 14.7. The van der Waals surface area contributed by atoms with Gasteiger partial charge in [0.05, 0.1) is 6.20 Å². The first kappa shape index (κ1) is 16.7. The van der Waals surface area contributed by atoms with Crippen molar-refractivity contribution in [3.8, 4) is 0 Å². The fourth-order valence-corrected chi connectivity index (χ4v) is 3.40. The van der Waals surface area contributed by atoms with Gasteiger partial charge in [-0.15, -0.1) is 0 Å². The molecule has 0 aliphatic carbocycles. The van der Waals surface area contributed by atoms with Crippen molar-refractivity contribution in [3.63, 3.8) is 0 Å². The van der Waals surface area contributed by atoms with Crippen LogP contribution in [0.5, 0.6) is 0 Å². The summed E-state index contributed by atoms with van der Waals surface area (Å²) >= 11 is 0. The van der Waals surface area contributed by atoms with E-state index in [1.165, 1.54) is 6.42 Å². The van der Waals surface area contributed by atoms with Gasteiger partial charge in [-0.05, 0) is 31.7 Å². The van der Waals surface area contributed by atoms with E-state index in [1.54, 1.807) is 10.9 Å². The molecule has 0 saturated carbocycles. The van der Waals surface area contributed by atoms with Gasteiger partial charge >= 0.3 is 0 Å². The smallest absolute Gasteiger partial charge is 0.244 e. The molecule has 0 bridgehead atoms. The Morgan fingerprint density at radius 3 is 3.04 bits per heavy atom. The van der Waals surface area contributed by atoms with Gasteiger partial charge in [-0.1, -0.05) is 13.3 Å².